The average Bonchev–Trinajstić information content (AvgIpc) is 3.37. The third-order valence-corrected chi connectivity index (χ3v) is 6.91. The number of thiophene rings is 2. The normalized spacial score (nSPS) is 16.4. The molecule has 1 aliphatic rings. The summed E-state index contributed by atoms with van der Waals surface area (Å²) in [5, 5.41) is 4.21. The molecule has 2 aromatic heterocycles. The van der Waals surface area contributed by atoms with E-state index < -0.39 is 0 Å². The molecule has 0 fully saturated rings. The van der Waals surface area contributed by atoms with E-state index in [0.717, 1.165) is 24.3 Å². The molecule has 5 heteroatoms. The fraction of sp³-hybridized carbons (Fsp3) is 0.318. The SMILES string of the molecule is CC(C)c1ccccc1OCC(=O)N1CCc2sccc2[C@H]1c1cccs1. The van der Waals surface area contributed by atoms with Gasteiger partial charge >= 0.3 is 0 Å². The van der Waals surface area contributed by atoms with Crippen LogP contribution in [-0.2, 0) is 11.2 Å². The fourth-order valence-electron chi connectivity index (χ4n) is 3.65. The number of para-hydroxylation sites is 1. The van der Waals surface area contributed by atoms with E-state index >= 15 is 0 Å². The summed E-state index contributed by atoms with van der Waals surface area (Å²) >= 11 is 3.50. The first-order valence-corrected chi connectivity index (χ1v) is 11.0. The van der Waals surface area contributed by atoms with Crippen LogP contribution in [0.3, 0.4) is 0 Å². The summed E-state index contributed by atoms with van der Waals surface area (Å²) in [4.78, 5) is 17.7. The van der Waals surface area contributed by atoms with Crippen LogP contribution in [-0.4, -0.2) is 24.0 Å². The predicted octanol–water partition coefficient (Wildman–Crippen LogP) is 5.49. The third-order valence-electron chi connectivity index (χ3n) is 4.99. The van der Waals surface area contributed by atoms with Gasteiger partial charge in [-0.05, 0) is 52.4 Å². The molecule has 0 N–H and O–H groups in total. The highest BCUT2D eigenvalue weighted by molar-refractivity contribution is 7.10. The van der Waals surface area contributed by atoms with E-state index in [4.69, 9.17) is 4.74 Å². The summed E-state index contributed by atoms with van der Waals surface area (Å²) in [5.74, 6) is 1.21. The zero-order valence-corrected chi connectivity index (χ0v) is 17.2. The Balaban J connectivity index is 1.55. The number of rotatable bonds is 5. The van der Waals surface area contributed by atoms with Crippen molar-refractivity contribution in [3.8, 4) is 5.75 Å². The van der Waals surface area contributed by atoms with E-state index in [0.29, 0.717) is 5.92 Å². The number of hydrogen-bond acceptors (Lipinski definition) is 4. The Morgan fingerprint density at radius 1 is 1.15 bits per heavy atom. The number of ether oxygens (including phenoxy) is 1. The van der Waals surface area contributed by atoms with Crippen molar-refractivity contribution < 1.29 is 9.53 Å². The summed E-state index contributed by atoms with van der Waals surface area (Å²) in [7, 11) is 0. The Labute approximate surface area is 168 Å². The van der Waals surface area contributed by atoms with Crippen LogP contribution in [0.25, 0.3) is 0 Å². The van der Waals surface area contributed by atoms with Crippen molar-refractivity contribution in [1.29, 1.82) is 0 Å². The summed E-state index contributed by atoms with van der Waals surface area (Å²) in [5.41, 5.74) is 2.41. The molecule has 3 aromatic rings. The van der Waals surface area contributed by atoms with Gasteiger partial charge in [0.25, 0.3) is 5.91 Å². The molecule has 27 heavy (non-hydrogen) atoms. The van der Waals surface area contributed by atoms with Gasteiger partial charge in [-0.2, -0.15) is 0 Å². The minimum atomic E-state index is 0.0106. The van der Waals surface area contributed by atoms with Gasteiger partial charge in [0.15, 0.2) is 6.61 Å². The zero-order valence-electron chi connectivity index (χ0n) is 15.6. The lowest BCUT2D eigenvalue weighted by Gasteiger charge is -2.35. The van der Waals surface area contributed by atoms with Crippen molar-refractivity contribution >= 4 is 28.6 Å². The zero-order chi connectivity index (χ0) is 18.8. The molecule has 1 amide bonds. The highest BCUT2D eigenvalue weighted by Gasteiger charge is 2.33. The smallest absolute Gasteiger partial charge is 0.261 e. The van der Waals surface area contributed by atoms with Crippen molar-refractivity contribution in [3.63, 3.8) is 0 Å². The Hall–Kier alpha value is -2.11. The molecule has 0 unspecified atom stereocenters. The van der Waals surface area contributed by atoms with Crippen molar-refractivity contribution in [2.45, 2.75) is 32.2 Å². The molecule has 0 aliphatic carbocycles. The van der Waals surface area contributed by atoms with Crippen LogP contribution >= 0.6 is 22.7 Å². The molecule has 1 aliphatic heterocycles. The average molecular weight is 398 g/mol. The first kappa shape index (κ1) is 18.3. The molecule has 0 spiro atoms. The number of carbonyl (C=O) groups excluding carboxylic acids is 1. The number of carbonyl (C=O) groups is 1. The summed E-state index contributed by atoms with van der Waals surface area (Å²) in [6.45, 7) is 5.09. The predicted molar refractivity (Wildman–Crippen MR) is 112 cm³/mol. The largest absolute Gasteiger partial charge is 0.483 e. The van der Waals surface area contributed by atoms with E-state index in [-0.39, 0.29) is 18.6 Å². The van der Waals surface area contributed by atoms with Gasteiger partial charge in [-0.3, -0.25) is 4.79 Å². The molecule has 3 heterocycles. The molecular formula is C22H23NO2S2. The topological polar surface area (TPSA) is 29.5 Å². The van der Waals surface area contributed by atoms with E-state index in [1.165, 1.54) is 15.3 Å². The highest BCUT2D eigenvalue weighted by atomic mass is 32.1. The van der Waals surface area contributed by atoms with Gasteiger partial charge in [-0.25, -0.2) is 0 Å². The number of nitrogens with zero attached hydrogens (tertiary/aromatic N) is 1. The molecule has 0 saturated heterocycles. The second-order valence-electron chi connectivity index (χ2n) is 7.04. The van der Waals surface area contributed by atoms with Crippen LogP contribution in [0.5, 0.6) is 5.75 Å². The van der Waals surface area contributed by atoms with Crippen LogP contribution in [0.15, 0.2) is 53.2 Å². The number of hydrogen-bond donors (Lipinski definition) is 0. The van der Waals surface area contributed by atoms with Gasteiger partial charge in [0, 0.05) is 16.3 Å². The highest BCUT2D eigenvalue weighted by Crippen LogP contribution is 2.39. The van der Waals surface area contributed by atoms with Gasteiger partial charge in [0.05, 0.1) is 6.04 Å². The maximum atomic E-state index is 13.1. The molecule has 1 aromatic carbocycles. The summed E-state index contributed by atoms with van der Waals surface area (Å²) in [6.07, 6.45) is 0.920. The van der Waals surface area contributed by atoms with Crippen LogP contribution in [0.4, 0.5) is 0 Å². The number of benzene rings is 1. The van der Waals surface area contributed by atoms with Crippen molar-refractivity contribution in [3.05, 3.63) is 74.1 Å². The van der Waals surface area contributed by atoms with Gasteiger partial charge in [0.2, 0.25) is 0 Å². The van der Waals surface area contributed by atoms with Crippen LogP contribution in [0.2, 0.25) is 0 Å². The van der Waals surface area contributed by atoms with E-state index in [2.05, 4.69) is 48.9 Å². The first-order chi connectivity index (χ1) is 13.1. The molecule has 140 valence electrons. The van der Waals surface area contributed by atoms with E-state index in [9.17, 15) is 4.79 Å². The van der Waals surface area contributed by atoms with Gasteiger partial charge in [-0.1, -0.05) is 38.1 Å². The lowest BCUT2D eigenvalue weighted by atomic mass is 9.98. The van der Waals surface area contributed by atoms with Crippen molar-refractivity contribution in [2.75, 3.05) is 13.2 Å². The molecule has 0 bridgehead atoms. The Morgan fingerprint density at radius 2 is 2.00 bits per heavy atom. The monoisotopic (exact) mass is 397 g/mol. The number of amides is 1. The number of fused-ring (bicyclic) bond motifs is 1. The Morgan fingerprint density at radius 3 is 2.78 bits per heavy atom. The molecule has 1 atom stereocenters. The second kappa shape index (κ2) is 7.87. The Kier molecular flexibility index (Phi) is 5.32. The molecule has 0 radical (unpaired) electrons. The van der Waals surface area contributed by atoms with Crippen LogP contribution in [0, 0.1) is 0 Å². The van der Waals surface area contributed by atoms with Crippen LogP contribution < -0.4 is 4.74 Å². The lowest BCUT2D eigenvalue weighted by Crippen LogP contribution is -2.42. The summed E-state index contributed by atoms with van der Waals surface area (Å²) < 4.78 is 5.96. The molecule has 0 saturated carbocycles. The molecule has 3 nitrogen and oxygen atoms in total. The van der Waals surface area contributed by atoms with Gasteiger partial charge in [0.1, 0.15) is 5.75 Å². The summed E-state index contributed by atoms with van der Waals surface area (Å²) in [6, 6.07) is 14.3. The maximum absolute atomic E-state index is 13.1. The lowest BCUT2D eigenvalue weighted by molar-refractivity contribution is -0.135. The third kappa shape index (κ3) is 3.66. The van der Waals surface area contributed by atoms with E-state index in [1.807, 2.05) is 23.1 Å². The maximum Gasteiger partial charge on any atom is 0.261 e. The molecular weight excluding hydrogens is 374 g/mol. The molecule has 4 rings (SSSR count). The minimum absolute atomic E-state index is 0.0106. The van der Waals surface area contributed by atoms with Crippen molar-refractivity contribution in [2.24, 2.45) is 0 Å². The van der Waals surface area contributed by atoms with Gasteiger partial charge in [-0.15, -0.1) is 22.7 Å². The van der Waals surface area contributed by atoms with Crippen LogP contribution in [0.1, 0.15) is 46.7 Å². The second-order valence-corrected chi connectivity index (χ2v) is 9.02. The fourth-order valence-corrected chi connectivity index (χ4v) is 5.41. The van der Waals surface area contributed by atoms with E-state index in [1.54, 1.807) is 22.7 Å². The first-order valence-electron chi connectivity index (χ1n) is 9.26. The standard InChI is InChI=1S/C22H23NO2S2/c1-15(2)16-6-3-4-7-18(16)25-14-21(24)23-11-9-19-17(10-13-27-19)22(23)20-8-5-12-26-20/h3-8,10,12-13,15,22H,9,11,14H2,1-2H3/t22-/m0/s1. The quantitative estimate of drug-likeness (QED) is 0.570. The van der Waals surface area contributed by atoms with Gasteiger partial charge < -0.3 is 9.64 Å². The Bertz CT molecular complexity index is 914. The van der Waals surface area contributed by atoms with Crippen molar-refractivity contribution in [1.82, 2.24) is 4.90 Å². The minimum Gasteiger partial charge on any atom is -0.483 e.